The normalized spacial score (nSPS) is 11.2. The summed E-state index contributed by atoms with van der Waals surface area (Å²) in [5, 5.41) is 2.56. The molecule has 0 radical (unpaired) electrons. The van der Waals surface area contributed by atoms with Gasteiger partial charge >= 0.3 is 30.1 Å². The molecule has 7 rings (SSSR count). The average molecular weight is 1370 g/mol. The van der Waals surface area contributed by atoms with E-state index in [1.807, 2.05) is 0 Å². The van der Waals surface area contributed by atoms with Crippen molar-refractivity contribution in [2.24, 2.45) is 0 Å². The van der Waals surface area contributed by atoms with Crippen molar-refractivity contribution in [3.63, 3.8) is 0 Å². The minimum atomic E-state index is -4.69. The number of ether oxygens (including phenoxy) is 7. The molecule has 0 aliphatic carbocycles. The van der Waals surface area contributed by atoms with Gasteiger partial charge in [0.05, 0.1) is 43.4 Å². The quantitative estimate of drug-likeness (QED) is 0.0173. The van der Waals surface area contributed by atoms with Gasteiger partial charge in [0.25, 0.3) is 11.8 Å². The maximum Gasteiger partial charge on any atom is 0.416 e. The topological polar surface area (TPSA) is 229 Å². The van der Waals surface area contributed by atoms with Crippen LogP contribution in [0, 0.1) is 0 Å². The summed E-state index contributed by atoms with van der Waals surface area (Å²) in [5.41, 5.74) is 6.58. The van der Waals surface area contributed by atoms with Crippen LogP contribution >= 0.6 is 0 Å². The fraction of sp³-hybridized carbons (Fsp3) is 0.372. The smallest absolute Gasteiger partial charge is 0.416 e. The first-order valence-corrected chi connectivity index (χ1v) is 33.2. The molecule has 7 aromatic carbocycles. The third kappa shape index (κ3) is 27.7. The number of methoxy groups -OCH3 is 1. The Morgan fingerprint density at radius 1 is 0.455 bits per heavy atom. The maximum absolute atomic E-state index is 13.7. The molecule has 0 spiro atoms. The molecule has 7 aromatic rings. The summed E-state index contributed by atoms with van der Waals surface area (Å²) in [7, 11) is 1.25. The van der Waals surface area contributed by atoms with Crippen molar-refractivity contribution in [3.05, 3.63) is 208 Å². The molecule has 0 aliphatic heterocycles. The van der Waals surface area contributed by atoms with Gasteiger partial charge in [0, 0.05) is 35.6 Å². The average Bonchev–Trinajstić information content (AvgIpc) is 0.829. The number of hydrogen-bond acceptors (Lipinski definition) is 15. The number of nitrogens with two attached hydrogens (primary N) is 1. The van der Waals surface area contributed by atoms with E-state index in [-0.39, 0.29) is 60.4 Å². The fourth-order valence-corrected chi connectivity index (χ4v) is 9.89. The molecular formula is C78H91F3N4O14. The molecule has 0 atom stereocenters. The minimum Gasteiger partial charge on any atom is -0.497 e. The van der Waals surface area contributed by atoms with E-state index in [0.717, 1.165) is 43.1 Å². The molecule has 0 heterocycles. The molecule has 0 fully saturated rings. The van der Waals surface area contributed by atoms with Gasteiger partial charge < -0.3 is 54.0 Å². The van der Waals surface area contributed by atoms with E-state index in [1.165, 1.54) is 91.8 Å². The predicted octanol–water partition coefficient (Wildman–Crippen LogP) is 16.3. The van der Waals surface area contributed by atoms with E-state index >= 15 is 0 Å². The Hall–Kier alpha value is -10.2. The van der Waals surface area contributed by atoms with E-state index in [2.05, 4.69) is 19.2 Å². The molecule has 0 saturated heterocycles. The van der Waals surface area contributed by atoms with E-state index in [9.17, 15) is 46.7 Å². The van der Waals surface area contributed by atoms with E-state index in [4.69, 9.17) is 38.9 Å². The van der Waals surface area contributed by atoms with Crippen LogP contribution in [-0.4, -0.2) is 96.0 Å². The number of rotatable bonds is 32. The third-order valence-corrected chi connectivity index (χ3v) is 14.8. The zero-order valence-corrected chi connectivity index (χ0v) is 57.9. The van der Waals surface area contributed by atoms with E-state index < -0.39 is 65.1 Å². The number of amides is 3. The van der Waals surface area contributed by atoms with Crippen molar-refractivity contribution in [2.75, 3.05) is 44.5 Å². The van der Waals surface area contributed by atoms with Gasteiger partial charge in [-0.15, -0.1) is 0 Å². The number of nitrogen functional groups attached to an aromatic ring is 1. The summed E-state index contributed by atoms with van der Waals surface area (Å²) >= 11 is 0. The molecule has 0 unspecified atom stereocenters. The lowest BCUT2D eigenvalue weighted by molar-refractivity contribution is -0.156. The van der Waals surface area contributed by atoms with Gasteiger partial charge in [0.2, 0.25) is 5.91 Å². The van der Waals surface area contributed by atoms with Gasteiger partial charge in [-0.1, -0.05) is 95.5 Å². The summed E-state index contributed by atoms with van der Waals surface area (Å²) in [6, 6.07) is 42.6. The highest BCUT2D eigenvalue weighted by molar-refractivity contribution is 5.98. The highest BCUT2D eigenvalue weighted by Crippen LogP contribution is 2.35. The molecule has 99 heavy (non-hydrogen) atoms. The molecule has 0 aromatic heterocycles. The Balaban J connectivity index is 0.000000327. The van der Waals surface area contributed by atoms with Crippen LogP contribution in [0.25, 0.3) is 0 Å². The molecule has 0 bridgehead atoms. The lowest BCUT2D eigenvalue weighted by Crippen LogP contribution is -2.38. The largest absolute Gasteiger partial charge is 0.497 e. The van der Waals surface area contributed by atoms with Gasteiger partial charge in [-0.2, -0.15) is 13.2 Å². The summed E-state index contributed by atoms with van der Waals surface area (Å²) in [5.74, 6) is -1.70. The van der Waals surface area contributed by atoms with Gasteiger partial charge in [0.15, 0.2) is 0 Å². The van der Waals surface area contributed by atoms with Crippen LogP contribution in [0.1, 0.15) is 183 Å². The molecule has 3 N–H and O–H groups in total. The number of nitrogens with one attached hydrogen (secondary N) is 1. The second-order valence-electron chi connectivity index (χ2n) is 25.6. The van der Waals surface area contributed by atoms with Crippen molar-refractivity contribution in [1.82, 2.24) is 9.80 Å². The van der Waals surface area contributed by atoms with E-state index in [1.54, 1.807) is 163 Å². The van der Waals surface area contributed by atoms with Crippen molar-refractivity contribution in [2.45, 2.75) is 156 Å². The molecule has 3 amide bonds. The van der Waals surface area contributed by atoms with Gasteiger partial charge in [0.1, 0.15) is 53.0 Å². The van der Waals surface area contributed by atoms with Gasteiger partial charge in [-0.3, -0.25) is 24.0 Å². The van der Waals surface area contributed by atoms with Crippen LogP contribution in [0.3, 0.4) is 0 Å². The molecule has 528 valence electrons. The number of hydrogen-bond donors (Lipinski definition) is 2. The highest BCUT2D eigenvalue weighted by Gasteiger charge is 2.34. The number of benzene rings is 7. The first kappa shape index (κ1) is 77.8. The number of unbranched alkanes of at least 4 members (excludes halogenated alkanes) is 8. The minimum absolute atomic E-state index is 0.00570. The number of esters is 4. The van der Waals surface area contributed by atoms with Crippen LogP contribution < -0.4 is 34.7 Å². The molecule has 21 heteroatoms. The lowest BCUT2D eigenvalue weighted by Gasteiger charge is -2.25. The number of nitrogens with zero attached hydrogens (tertiary/aromatic N) is 2. The second kappa shape index (κ2) is 38.1. The molecular weight excluding hydrogens is 1270 g/mol. The predicted molar refractivity (Wildman–Crippen MR) is 373 cm³/mol. The third-order valence-electron chi connectivity index (χ3n) is 14.8. The van der Waals surface area contributed by atoms with Gasteiger partial charge in [-0.25, -0.2) is 9.59 Å². The molecule has 18 nitrogen and oxygen atoms in total. The summed E-state index contributed by atoms with van der Waals surface area (Å²) in [6.45, 7) is 15.6. The summed E-state index contributed by atoms with van der Waals surface area (Å²) < 4.78 is 79.4. The standard InChI is InChI=1S/C44H49F3N2O8.C34H42N2O6/c1-6-7-8-9-10-25-55-35-22-15-32(16-23-35)42(53)56-36-20-11-30(12-21-36)28-49(29-40(51)57-43(2,3)4)41(52)31-13-18-34(19-14-31)48-39(50)26-33-17-24-37(54-5)27-38(33)44(45,46)47;1-5-6-7-8-9-22-40-29-20-14-27(15-21-29)33(39)41-30-18-10-25(11-19-30)23-36(24-31(37)42-34(2,3)4)32(38)26-12-16-28(35)17-13-26/h11-24,27H,6-10,25-26,28-29H2,1-5H3,(H,48,50);10-21H,5-9,22-24,35H2,1-4H3. The zero-order valence-electron chi connectivity index (χ0n) is 57.9. The van der Waals surface area contributed by atoms with Crippen LogP contribution in [-0.2, 0) is 49.5 Å². The monoisotopic (exact) mass is 1360 g/mol. The van der Waals surface area contributed by atoms with Crippen molar-refractivity contribution in [3.8, 4) is 28.7 Å². The van der Waals surface area contributed by atoms with Crippen LogP contribution in [0.15, 0.2) is 164 Å². The van der Waals surface area contributed by atoms with Crippen molar-refractivity contribution < 1.29 is 79.9 Å². The Labute approximate surface area is 578 Å². The fourth-order valence-electron chi connectivity index (χ4n) is 9.89. The first-order valence-electron chi connectivity index (χ1n) is 33.2. The van der Waals surface area contributed by atoms with Crippen LogP contribution in [0.4, 0.5) is 24.5 Å². The maximum atomic E-state index is 13.7. The SMILES string of the molecule is CCCCCCCOc1ccc(C(=O)Oc2ccc(CN(CC(=O)OC(C)(C)C)C(=O)c3ccc(N)cc3)cc2)cc1.CCCCCCCOc1ccc(C(=O)Oc2ccc(CN(CC(=O)OC(C)(C)C)C(=O)c3ccc(NC(=O)Cc4ccc(OC)cc4C(F)(F)F)cc3)cc2)cc1. The number of anilines is 2. The second-order valence-corrected chi connectivity index (χ2v) is 25.6. The van der Waals surface area contributed by atoms with Crippen LogP contribution in [0.2, 0.25) is 0 Å². The van der Waals surface area contributed by atoms with Crippen molar-refractivity contribution >= 4 is 53.0 Å². The number of carbonyl (C=O) groups excluding carboxylic acids is 7. The van der Waals surface area contributed by atoms with Gasteiger partial charge in [-0.05, 0) is 205 Å². The summed E-state index contributed by atoms with van der Waals surface area (Å²) in [6.07, 6.45) is 6.25. The number of alkyl halides is 3. The first-order chi connectivity index (χ1) is 47.1. The van der Waals surface area contributed by atoms with Crippen LogP contribution in [0.5, 0.6) is 28.7 Å². The zero-order chi connectivity index (χ0) is 72.1. The molecule has 0 saturated carbocycles. The Kier molecular flexibility index (Phi) is 29.9. The summed E-state index contributed by atoms with van der Waals surface area (Å²) in [4.78, 5) is 93.4. The highest BCUT2D eigenvalue weighted by atomic mass is 19.4. The number of halogens is 3. The Morgan fingerprint density at radius 3 is 1.21 bits per heavy atom. The van der Waals surface area contributed by atoms with E-state index in [0.29, 0.717) is 52.7 Å². The van der Waals surface area contributed by atoms with Crippen molar-refractivity contribution in [1.29, 1.82) is 0 Å². The molecule has 0 aliphatic rings. The number of carbonyl (C=O) groups is 7. The Morgan fingerprint density at radius 2 is 0.828 bits per heavy atom. The Bertz CT molecular complexity index is 3740. The lowest BCUT2D eigenvalue weighted by atomic mass is 10.0.